The Labute approximate surface area is 250 Å². The van der Waals surface area contributed by atoms with E-state index in [2.05, 4.69) is 11.1 Å². The number of ether oxygens (including phenoxy) is 2. The number of oxazole rings is 1. The van der Waals surface area contributed by atoms with Crippen molar-refractivity contribution in [2.45, 2.75) is 38.5 Å². The third-order valence-corrected chi connectivity index (χ3v) is 7.80. The first-order valence-corrected chi connectivity index (χ1v) is 14.3. The number of aryl methyl sites for hydroxylation is 1. The van der Waals surface area contributed by atoms with Gasteiger partial charge in [-0.05, 0) is 85.0 Å². The molecule has 6 nitrogen and oxygen atoms in total. The molecule has 5 aromatic rings. The predicted octanol–water partition coefficient (Wildman–Crippen LogP) is 8.48. The summed E-state index contributed by atoms with van der Waals surface area (Å²) in [7, 11) is 0. The number of halogens is 3. The number of hydrogen-bond acceptors (Lipinski definition) is 6. The van der Waals surface area contributed by atoms with Crippen molar-refractivity contribution in [3.8, 4) is 33.4 Å². The van der Waals surface area contributed by atoms with E-state index in [1.165, 1.54) is 11.8 Å². The summed E-state index contributed by atoms with van der Waals surface area (Å²) in [6.45, 7) is 3.60. The second-order valence-corrected chi connectivity index (χ2v) is 11.1. The molecule has 43 heavy (non-hydrogen) atoms. The van der Waals surface area contributed by atoms with Gasteiger partial charge in [0.05, 0.1) is 17.9 Å². The summed E-state index contributed by atoms with van der Waals surface area (Å²) in [4.78, 5) is 17.9. The van der Waals surface area contributed by atoms with Gasteiger partial charge in [0.2, 0.25) is 11.5 Å². The molecule has 2 heterocycles. The van der Waals surface area contributed by atoms with Crippen molar-refractivity contribution in [1.29, 1.82) is 0 Å². The molecule has 222 valence electrons. The van der Waals surface area contributed by atoms with Crippen LogP contribution in [0.5, 0.6) is 11.5 Å². The summed E-state index contributed by atoms with van der Waals surface area (Å²) in [6.07, 6.45) is -3.98. The Hall–Kier alpha value is -4.57. The van der Waals surface area contributed by atoms with Gasteiger partial charge in [0.25, 0.3) is 0 Å². The molecule has 5 rings (SSSR count). The van der Waals surface area contributed by atoms with Crippen molar-refractivity contribution < 1.29 is 37.0 Å². The molecule has 0 aliphatic rings. The number of carboxylic acid groups (broad SMARTS) is 1. The highest BCUT2D eigenvalue weighted by molar-refractivity contribution is 7.13. The van der Waals surface area contributed by atoms with Crippen molar-refractivity contribution in [2.75, 3.05) is 6.61 Å². The van der Waals surface area contributed by atoms with Crippen LogP contribution in [0.15, 0.2) is 94.7 Å². The number of aliphatic carboxylic acids is 1. The number of carbonyl (C=O) groups is 1. The van der Waals surface area contributed by atoms with Gasteiger partial charge in [-0.15, -0.1) is 11.3 Å². The topological polar surface area (TPSA) is 81.8 Å². The molecular formula is C33H28F3NO5S. The Morgan fingerprint density at radius 1 is 0.930 bits per heavy atom. The van der Waals surface area contributed by atoms with Crippen LogP contribution < -0.4 is 9.47 Å². The van der Waals surface area contributed by atoms with E-state index >= 15 is 0 Å². The zero-order valence-electron chi connectivity index (χ0n) is 23.4. The van der Waals surface area contributed by atoms with Crippen LogP contribution in [0.3, 0.4) is 0 Å². The average molecular weight is 608 g/mol. The highest BCUT2D eigenvalue weighted by atomic mass is 32.1. The van der Waals surface area contributed by atoms with Gasteiger partial charge >= 0.3 is 12.1 Å². The van der Waals surface area contributed by atoms with Gasteiger partial charge in [0, 0.05) is 23.3 Å². The lowest BCUT2D eigenvalue weighted by atomic mass is 9.96. The van der Waals surface area contributed by atoms with Crippen molar-refractivity contribution in [3.05, 3.63) is 113 Å². The summed E-state index contributed by atoms with van der Waals surface area (Å²) in [5, 5.41) is 11.9. The van der Waals surface area contributed by atoms with E-state index in [0.717, 1.165) is 46.8 Å². The molecule has 1 unspecified atom stereocenters. The van der Waals surface area contributed by atoms with E-state index in [9.17, 15) is 23.1 Å². The van der Waals surface area contributed by atoms with E-state index < -0.39 is 23.3 Å². The lowest BCUT2D eigenvalue weighted by Gasteiger charge is -2.26. The third-order valence-electron chi connectivity index (χ3n) is 6.88. The molecule has 0 spiro atoms. The van der Waals surface area contributed by atoms with Crippen LogP contribution in [0.1, 0.15) is 29.5 Å². The fourth-order valence-corrected chi connectivity index (χ4v) is 5.22. The highest BCUT2D eigenvalue weighted by Crippen LogP contribution is 2.32. The van der Waals surface area contributed by atoms with Crippen LogP contribution in [0.25, 0.3) is 21.9 Å². The molecule has 0 radical (unpaired) electrons. The second-order valence-electron chi connectivity index (χ2n) is 10.2. The molecule has 0 saturated carbocycles. The number of rotatable bonds is 11. The zero-order chi connectivity index (χ0) is 30.6. The summed E-state index contributed by atoms with van der Waals surface area (Å²) in [5.74, 6) is 0.648. The zero-order valence-corrected chi connectivity index (χ0v) is 24.2. The molecule has 1 atom stereocenters. The quantitative estimate of drug-likeness (QED) is 0.162. The average Bonchev–Trinajstić information content (AvgIpc) is 3.64. The minimum Gasteiger partial charge on any atom is -0.493 e. The van der Waals surface area contributed by atoms with E-state index in [4.69, 9.17) is 13.9 Å². The maximum Gasteiger partial charge on any atom is 0.416 e. The summed E-state index contributed by atoms with van der Waals surface area (Å²) < 4.78 is 56.0. The van der Waals surface area contributed by atoms with Crippen molar-refractivity contribution in [2.24, 2.45) is 0 Å². The van der Waals surface area contributed by atoms with Crippen molar-refractivity contribution in [3.63, 3.8) is 0 Å². The van der Waals surface area contributed by atoms with Crippen molar-refractivity contribution in [1.82, 2.24) is 4.98 Å². The Balaban J connectivity index is 1.16. The molecule has 0 saturated heterocycles. The van der Waals surface area contributed by atoms with Crippen LogP contribution in [0, 0.1) is 6.92 Å². The lowest BCUT2D eigenvalue weighted by molar-refractivity contribution is -0.153. The summed E-state index contributed by atoms with van der Waals surface area (Å²) in [6, 6.07) is 23.0. The standard InChI is InChI=1S/C33H28F3NO5S/c1-21-28(37-30(41-21)24-9-7-23(8-10-24)29-4-3-19-43-29)17-18-40-26-13-5-22(6-14-26)20-32(2,31(38)39)42-27-15-11-25(12-16-27)33(34,35)36/h3-16,19H,17-18,20H2,1-2H3,(H,38,39). The number of nitrogens with zero attached hydrogens (tertiary/aromatic N) is 1. The van der Waals surface area contributed by atoms with Crippen LogP contribution in [0.4, 0.5) is 13.2 Å². The van der Waals surface area contributed by atoms with E-state index in [1.807, 2.05) is 42.6 Å². The Morgan fingerprint density at radius 3 is 2.19 bits per heavy atom. The van der Waals surface area contributed by atoms with Crippen LogP contribution >= 0.6 is 11.3 Å². The number of thiophene rings is 1. The van der Waals surface area contributed by atoms with Gasteiger partial charge in [-0.25, -0.2) is 9.78 Å². The van der Waals surface area contributed by atoms with E-state index in [0.29, 0.717) is 30.2 Å². The molecule has 10 heteroatoms. The van der Waals surface area contributed by atoms with Crippen LogP contribution in [-0.2, 0) is 23.8 Å². The minimum atomic E-state index is -4.49. The van der Waals surface area contributed by atoms with Crippen LogP contribution in [0.2, 0.25) is 0 Å². The molecular weight excluding hydrogens is 579 g/mol. The number of hydrogen-bond donors (Lipinski definition) is 1. The summed E-state index contributed by atoms with van der Waals surface area (Å²) >= 11 is 1.69. The van der Waals surface area contributed by atoms with Gasteiger partial charge < -0.3 is 19.0 Å². The molecule has 0 amide bonds. The Kier molecular flexibility index (Phi) is 8.59. The number of carboxylic acids is 1. The molecule has 2 aromatic heterocycles. The maximum atomic E-state index is 12.8. The Morgan fingerprint density at radius 2 is 1.58 bits per heavy atom. The van der Waals surface area contributed by atoms with E-state index in [-0.39, 0.29) is 12.2 Å². The normalized spacial score (nSPS) is 13.0. The van der Waals surface area contributed by atoms with Gasteiger partial charge in [-0.3, -0.25) is 0 Å². The fourth-order valence-electron chi connectivity index (χ4n) is 4.49. The molecule has 0 aliphatic heterocycles. The number of alkyl halides is 3. The molecule has 0 aliphatic carbocycles. The van der Waals surface area contributed by atoms with Crippen LogP contribution in [-0.4, -0.2) is 28.3 Å². The smallest absolute Gasteiger partial charge is 0.416 e. The first kappa shape index (κ1) is 29.9. The molecule has 3 aromatic carbocycles. The lowest BCUT2D eigenvalue weighted by Crippen LogP contribution is -2.43. The SMILES string of the molecule is Cc1oc(-c2ccc(-c3cccs3)cc2)nc1CCOc1ccc(CC(C)(Oc2ccc(C(F)(F)F)cc2)C(=O)O)cc1. The first-order valence-electron chi connectivity index (χ1n) is 13.4. The van der Waals surface area contributed by atoms with Gasteiger partial charge in [-0.1, -0.05) is 30.3 Å². The summed E-state index contributed by atoms with van der Waals surface area (Å²) in [5.41, 5.74) is 0.946. The first-order chi connectivity index (χ1) is 20.5. The van der Waals surface area contributed by atoms with Gasteiger partial charge in [0.1, 0.15) is 17.3 Å². The monoisotopic (exact) mass is 607 g/mol. The Bertz CT molecular complexity index is 1660. The third kappa shape index (κ3) is 7.26. The predicted molar refractivity (Wildman–Crippen MR) is 157 cm³/mol. The number of benzene rings is 3. The van der Waals surface area contributed by atoms with Gasteiger partial charge in [-0.2, -0.15) is 13.2 Å². The molecule has 0 fully saturated rings. The fraction of sp³-hybridized carbons (Fsp3) is 0.212. The van der Waals surface area contributed by atoms with E-state index in [1.54, 1.807) is 35.6 Å². The van der Waals surface area contributed by atoms with Gasteiger partial charge in [0.15, 0.2) is 0 Å². The molecule has 0 bridgehead atoms. The minimum absolute atomic E-state index is 0.0150. The van der Waals surface area contributed by atoms with Crippen molar-refractivity contribution >= 4 is 17.3 Å². The largest absolute Gasteiger partial charge is 0.493 e. The highest BCUT2D eigenvalue weighted by Gasteiger charge is 2.36. The maximum absolute atomic E-state index is 12.8. The number of aromatic nitrogens is 1. The molecule has 1 N–H and O–H groups in total. The second kappa shape index (κ2) is 12.3.